The predicted molar refractivity (Wildman–Crippen MR) is 80.9 cm³/mol. The third kappa shape index (κ3) is 3.97. The maximum Gasteiger partial charge on any atom is 0.224 e. The highest BCUT2D eigenvalue weighted by Gasteiger charge is 2.24. The summed E-state index contributed by atoms with van der Waals surface area (Å²) in [6, 6.07) is 8.42. The molecule has 0 aliphatic carbocycles. The fourth-order valence-corrected chi connectivity index (χ4v) is 2.82. The molecule has 2 rings (SSSR count). The zero-order chi connectivity index (χ0) is 14.5. The van der Waals surface area contributed by atoms with Crippen LogP contribution in [0.2, 0.25) is 0 Å². The van der Waals surface area contributed by atoms with Crippen LogP contribution in [0.15, 0.2) is 24.3 Å². The molecule has 1 aliphatic heterocycles. The van der Waals surface area contributed by atoms with Crippen molar-refractivity contribution in [1.82, 2.24) is 5.32 Å². The average Bonchev–Trinajstić information content (AvgIpc) is 2.39. The summed E-state index contributed by atoms with van der Waals surface area (Å²) in [4.78, 5) is 11.6. The Morgan fingerprint density at radius 2 is 1.90 bits per heavy atom. The summed E-state index contributed by atoms with van der Waals surface area (Å²) in [5.74, 6) is 0.0352. The highest BCUT2D eigenvalue weighted by molar-refractivity contribution is 5.80. The lowest BCUT2D eigenvalue weighted by molar-refractivity contribution is -0.119. The van der Waals surface area contributed by atoms with E-state index in [1.165, 1.54) is 0 Å². The molecular weight excluding hydrogens is 252 g/mol. The first kappa shape index (κ1) is 14.9. The molecule has 4 nitrogen and oxygen atoms in total. The third-order valence-corrected chi connectivity index (χ3v) is 3.70. The quantitative estimate of drug-likeness (QED) is 0.887. The van der Waals surface area contributed by atoms with Crippen molar-refractivity contribution in [3.05, 3.63) is 29.8 Å². The second kappa shape index (κ2) is 6.75. The second-order valence-corrected chi connectivity index (χ2v) is 5.58. The van der Waals surface area contributed by atoms with Crippen LogP contribution < -0.4 is 10.6 Å². The fourth-order valence-electron chi connectivity index (χ4n) is 2.82. The van der Waals surface area contributed by atoms with Gasteiger partial charge >= 0.3 is 0 Å². The van der Waals surface area contributed by atoms with Gasteiger partial charge in [0.1, 0.15) is 0 Å². The van der Waals surface area contributed by atoms with Gasteiger partial charge in [0.05, 0.1) is 18.6 Å². The molecule has 110 valence electrons. The largest absolute Gasteiger partial charge is 0.382 e. The van der Waals surface area contributed by atoms with E-state index in [4.69, 9.17) is 4.74 Å². The molecule has 1 aliphatic rings. The van der Waals surface area contributed by atoms with Crippen LogP contribution in [0, 0.1) is 0 Å². The van der Waals surface area contributed by atoms with E-state index in [0.29, 0.717) is 12.5 Å². The van der Waals surface area contributed by atoms with Gasteiger partial charge in [-0.1, -0.05) is 18.2 Å². The van der Waals surface area contributed by atoms with Crippen LogP contribution in [-0.2, 0) is 16.0 Å². The minimum atomic E-state index is 0.0352. The van der Waals surface area contributed by atoms with Crippen molar-refractivity contribution in [2.24, 2.45) is 0 Å². The lowest BCUT2D eigenvalue weighted by Crippen LogP contribution is -2.37. The van der Waals surface area contributed by atoms with E-state index in [-0.39, 0.29) is 18.1 Å². The molecule has 1 aromatic rings. The minimum Gasteiger partial charge on any atom is -0.382 e. The molecule has 4 heteroatoms. The Bertz CT molecular complexity index is 452. The number of amides is 1. The van der Waals surface area contributed by atoms with Crippen LogP contribution in [0.3, 0.4) is 0 Å². The number of likely N-dealkylation sites (N-methyl/N-ethyl adjacent to an activating group) is 1. The summed E-state index contributed by atoms with van der Waals surface area (Å²) in [6.07, 6.45) is 2.97. The van der Waals surface area contributed by atoms with Gasteiger partial charge in [-0.2, -0.15) is 0 Å². The molecule has 1 amide bonds. The van der Waals surface area contributed by atoms with Crippen LogP contribution in [0.4, 0.5) is 5.69 Å². The van der Waals surface area contributed by atoms with E-state index in [9.17, 15) is 4.79 Å². The van der Waals surface area contributed by atoms with Gasteiger partial charge in [-0.25, -0.2) is 0 Å². The van der Waals surface area contributed by atoms with E-state index in [0.717, 1.165) is 24.1 Å². The van der Waals surface area contributed by atoms with Crippen LogP contribution in [0.5, 0.6) is 0 Å². The van der Waals surface area contributed by atoms with E-state index in [1.54, 1.807) is 7.05 Å². The second-order valence-electron chi connectivity index (χ2n) is 5.58. The Labute approximate surface area is 120 Å². The number of hydrogen-bond acceptors (Lipinski definition) is 3. The van der Waals surface area contributed by atoms with Crippen molar-refractivity contribution in [1.29, 1.82) is 0 Å². The summed E-state index contributed by atoms with van der Waals surface area (Å²) < 4.78 is 5.76. The Hall–Kier alpha value is -1.55. The number of ether oxygens (including phenoxy) is 1. The van der Waals surface area contributed by atoms with Crippen LogP contribution in [-0.4, -0.2) is 31.2 Å². The lowest BCUT2D eigenvalue weighted by Gasteiger charge is -2.33. The van der Waals surface area contributed by atoms with E-state index >= 15 is 0 Å². The Morgan fingerprint density at radius 1 is 1.25 bits per heavy atom. The van der Waals surface area contributed by atoms with E-state index in [2.05, 4.69) is 24.5 Å². The molecule has 1 aromatic carbocycles. The van der Waals surface area contributed by atoms with Gasteiger partial charge in [-0.05, 0) is 38.3 Å². The highest BCUT2D eigenvalue weighted by atomic mass is 16.5. The third-order valence-electron chi connectivity index (χ3n) is 3.70. The molecule has 0 spiro atoms. The number of hydrogen-bond donors (Lipinski definition) is 2. The SMILES string of the molecule is CNC(=O)Cc1ccccc1NC1CC(C)OC(C)C1. The standard InChI is InChI=1S/C16H24N2O2/c1-11-8-14(9-12(2)20-11)18-15-7-5-4-6-13(15)10-16(19)17-3/h4-7,11-12,14,18H,8-10H2,1-3H3,(H,17,19). The Kier molecular flexibility index (Phi) is 5.01. The maximum absolute atomic E-state index is 11.6. The summed E-state index contributed by atoms with van der Waals surface area (Å²) in [6.45, 7) is 4.22. The molecule has 2 N–H and O–H groups in total. The predicted octanol–water partition coefficient (Wildman–Crippen LogP) is 2.34. The summed E-state index contributed by atoms with van der Waals surface area (Å²) >= 11 is 0. The maximum atomic E-state index is 11.6. The van der Waals surface area contributed by atoms with E-state index < -0.39 is 0 Å². The van der Waals surface area contributed by atoms with Gasteiger partial charge in [0.25, 0.3) is 0 Å². The summed E-state index contributed by atoms with van der Waals surface area (Å²) in [7, 11) is 1.67. The van der Waals surface area contributed by atoms with Crippen molar-refractivity contribution < 1.29 is 9.53 Å². The van der Waals surface area contributed by atoms with Gasteiger partial charge < -0.3 is 15.4 Å². The minimum absolute atomic E-state index is 0.0352. The number of rotatable bonds is 4. The summed E-state index contributed by atoms with van der Waals surface area (Å²) in [5, 5.41) is 6.25. The van der Waals surface area contributed by atoms with E-state index in [1.807, 2.05) is 24.3 Å². The summed E-state index contributed by atoms with van der Waals surface area (Å²) in [5.41, 5.74) is 2.10. The molecular formula is C16H24N2O2. The Balaban J connectivity index is 2.06. The molecule has 0 bridgehead atoms. The fraction of sp³-hybridized carbons (Fsp3) is 0.562. The first-order chi connectivity index (χ1) is 9.58. The smallest absolute Gasteiger partial charge is 0.224 e. The normalized spacial score (nSPS) is 26.1. The number of carbonyl (C=O) groups excluding carboxylic acids is 1. The van der Waals surface area contributed by atoms with Gasteiger partial charge in [0, 0.05) is 18.8 Å². The molecule has 1 saturated heterocycles. The van der Waals surface area contributed by atoms with Gasteiger partial charge in [0.2, 0.25) is 5.91 Å². The lowest BCUT2D eigenvalue weighted by atomic mass is 9.98. The van der Waals surface area contributed by atoms with Crippen molar-refractivity contribution >= 4 is 11.6 Å². The number of benzene rings is 1. The zero-order valence-corrected chi connectivity index (χ0v) is 12.5. The van der Waals surface area contributed by atoms with Crippen molar-refractivity contribution in [3.8, 4) is 0 Å². The topological polar surface area (TPSA) is 50.4 Å². The highest BCUT2D eigenvalue weighted by Crippen LogP contribution is 2.24. The number of para-hydroxylation sites is 1. The molecule has 2 unspecified atom stereocenters. The zero-order valence-electron chi connectivity index (χ0n) is 12.5. The average molecular weight is 276 g/mol. The molecule has 1 heterocycles. The molecule has 1 fully saturated rings. The number of anilines is 1. The van der Waals surface area contributed by atoms with Gasteiger partial charge in [-0.3, -0.25) is 4.79 Å². The molecule has 0 saturated carbocycles. The number of carbonyl (C=O) groups is 1. The molecule has 0 aromatic heterocycles. The molecule has 0 radical (unpaired) electrons. The number of nitrogens with one attached hydrogen (secondary N) is 2. The van der Waals surface area contributed by atoms with Crippen molar-refractivity contribution in [2.45, 2.75) is 51.4 Å². The molecule has 20 heavy (non-hydrogen) atoms. The van der Waals surface area contributed by atoms with Crippen LogP contribution in [0.25, 0.3) is 0 Å². The van der Waals surface area contributed by atoms with Crippen LogP contribution in [0.1, 0.15) is 32.3 Å². The first-order valence-corrected chi connectivity index (χ1v) is 7.29. The van der Waals surface area contributed by atoms with Gasteiger partial charge in [-0.15, -0.1) is 0 Å². The first-order valence-electron chi connectivity index (χ1n) is 7.29. The Morgan fingerprint density at radius 3 is 2.55 bits per heavy atom. The van der Waals surface area contributed by atoms with Gasteiger partial charge in [0.15, 0.2) is 0 Å². The van der Waals surface area contributed by atoms with Crippen molar-refractivity contribution in [3.63, 3.8) is 0 Å². The van der Waals surface area contributed by atoms with Crippen LogP contribution >= 0.6 is 0 Å². The van der Waals surface area contributed by atoms with Crippen molar-refractivity contribution in [2.75, 3.05) is 12.4 Å². The monoisotopic (exact) mass is 276 g/mol. The molecule has 2 atom stereocenters.